The Morgan fingerprint density at radius 1 is 1.28 bits per heavy atom. The van der Waals surface area contributed by atoms with Crippen molar-refractivity contribution >= 4 is 12.0 Å². The fraction of sp³-hybridized carbons (Fsp3) is 0.846. The zero-order valence-electron chi connectivity index (χ0n) is 11.6. The lowest BCUT2D eigenvalue weighted by molar-refractivity contribution is -0.141. The zero-order chi connectivity index (χ0) is 13.6. The number of esters is 1. The molecule has 5 nitrogen and oxygen atoms in total. The van der Waals surface area contributed by atoms with Crippen LogP contribution in [-0.2, 0) is 9.53 Å². The Kier molecular flexibility index (Phi) is 5.44. The summed E-state index contributed by atoms with van der Waals surface area (Å²) in [5.74, 6) is -0.387. The van der Waals surface area contributed by atoms with Crippen molar-refractivity contribution in [3.8, 4) is 0 Å². The van der Waals surface area contributed by atoms with Crippen LogP contribution in [0.3, 0.4) is 0 Å². The average Bonchev–Trinajstić information content (AvgIpc) is 2.81. The smallest absolute Gasteiger partial charge is 0.325 e. The molecule has 0 unspecified atom stereocenters. The SMILES string of the molecule is CCOC(=O)CNC(=O)N1CCC(CC)(CC)C1. The van der Waals surface area contributed by atoms with Gasteiger partial charge in [-0.3, -0.25) is 4.79 Å². The summed E-state index contributed by atoms with van der Waals surface area (Å²) < 4.78 is 4.77. The van der Waals surface area contributed by atoms with E-state index in [1.807, 2.05) is 0 Å². The molecule has 0 radical (unpaired) electrons. The van der Waals surface area contributed by atoms with E-state index in [1.165, 1.54) is 0 Å². The Labute approximate surface area is 109 Å². The summed E-state index contributed by atoms with van der Waals surface area (Å²) in [6.45, 7) is 7.94. The quantitative estimate of drug-likeness (QED) is 0.763. The number of amides is 2. The second-order valence-electron chi connectivity index (χ2n) is 4.84. The maximum atomic E-state index is 11.9. The van der Waals surface area contributed by atoms with Crippen LogP contribution in [0, 0.1) is 5.41 Å². The first kappa shape index (κ1) is 14.8. The van der Waals surface area contributed by atoms with Crippen molar-refractivity contribution in [3.63, 3.8) is 0 Å². The third-order valence-electron chi connectivity index (χ3n) is 3.91. The lowest BCUT2D eigenvalue weighted by Gasteiger charge is -2.26. The van der Waals surface area contributed by atoms with Gasteiger partial charge in [0.25, 0.3) is 0 Å². The largest absolute Gasteiger partial charge is 0.465 e. The Bertz CT molecular complexity index is 301. The van der Waals surface area contributed by atoms with Crippen molar-refractivity contribution in [2.75, 3.05) is 26.2 Å². The van der Waals surface area contributed by atoms with E-state index in [9.17, 15) is 9.59 Å². The van der Waals surface area contributed by atoms with Crippen LogP contribution in [-0.4, -0.2) is 43.1 Å². The van der Waals surface area contributed by atoms with E-state index in [4.69, 9.17) is 4.74 Å². The molecule has 1 rings (SSSR count). The van der Waals surface area contributed by atoms with Gasteiger partial charge in [0.05, 0.1) is 6.61 Å². The normalized spacial score (nSPS) is 17.6. The summed E-state index contributed by atoms with van der Waals surface area (Å²) in [4.78, 5) is 24.8. The summed E-state index contributed by atoms with van der Waals surface area (Å²) >= 11 is 0. The van der Waals surface area contributed by atoms with Crippen LogP contribution < -0.4 is 5.32 Å². The molecule has 1 fully saturated rings. The van der Waals surface area contributed by atoms with E-state index < -0.39 is 0 Å². The van der Waals surface area contributed by atoms with E-state index in [2.05, 4.69) is 19.2 Å². The highest BCUT2D eigenvalue weighted by Crippen LogP contribution is 2.36. The molecule has 0 bridgehead atoms. The van der Waals surface area contributed by atoms with Crippen molar-refractivity contribution < 1.29 is 14.3 Å². The van der Waals surface area contributed by atoms with Gasteiger partial charge < -0.3 is 15.0 Å². The second-order valence-corrected chi connectivity index (χ2v) is 4.84. The monoisotopic (exact) mass is 256 g/mol. The average molecular weight is 256 g/mol. The number of urea groups is 1. The molecule has 0 aromatic carbocycles. The van der Waals surface area contributed by atoms with E-state index >= 15 is 0 Å². The minimum Gasteiger partial charge on any atom is -0.465 e. The fourth-order valence-electron chi connectivity index (χ4n) is 2.41. The maximum Gasteiger partial charge on any atom is 0.325 e. The number of carbonyl (C=O) groups excluding carboxylic acids is 2. The number of hydrogen-bond donors (Lipinski definition) is 1. The molecule has 2 amide bonds. The third-order valence-corrected chi connectivity index (χ3v) is 3.91. The van der Waals surface area contributed by atoms with Gasteiger partial charge in [0.15, 0.2) is 0 Å². The van der Waals surface area contributed by atoms with Crippen molar-refractivity contribution in [3.05, 3.63) is 0 Å². The molecule has 1 aliphatic rings. The van der Waals surface area contributed by atoms with Gasteiger partial charge in [-0.25, -0.2) is 4.79 Å². The van der Waals surface area contributed by atoms with E-state index in [-0.39, 0.29) is 24.0 Å². The van der Waals surface area contributed by atoms with E-state index in [0.717, 1.165) is 32.4 Å². The molecule has 0 spiro atoms. The summed E-state index contributed by atoms with van der Waals surface area (Å²) in [7, 11) is 0. The van der Waals surface area contributed by atoms with Crippen LogP contribution in [0.5, 0.6) is 0 Å². The lowest BCUT2D eigenvalue weighted by atomic mass is 9.82. The van der Waals surface area contributed by atoms with Crippen LogP contribution in [0.2, 0.25) is 0 Å². The van der Waals surface area contributed by atoms with Gasteiger partial charge in [-0.1, -0.05) is 13.8 Å². The third kappa shape index (κ3) is 3.62. The number of likely N-dealkylation sites (tertiary alicyclic amines) is 1. The molecule has 18 heavy (non-hydrogen) atoms. The van der Waals surface area contributed by atoms with Gasteiger partial charge in [0.1, 0.15) is 6.54 Å². The highest BCUT2D eigenvalue weighted by atomic mass is 16.5. The fourth-order valence-corrected chi connectivity index (χ4v) is 2.41. The maximum absolute atomic E-state index is 11.9. The molecule has 1 N–H and O–H groups in total. The summed E-state index contributed by atoms with van der Waals surface area (Å²) in [5.41, 5.74) is 0.265. The van der Waals surface area contributed by atoms with Crippen molar-refractivity contribution in [2.45, 2.75) is 40.0 Å². The first-order valence-corrected chi connectivity index (χ1v) is 6.75. The number of rotatable bonds is 5. The van der Waals surface area contributed by atoms with Crippen molar-refractivity contribution in [2.24, 2.45) is 5.41 Å². The predicted molar refractivity (Wildman–Crippen MR) is 69.2 cm³/mol. The first-order chi connectivity index (χ1) is 8.56. The van der Waals surface area contributed by atoms with Gasteiger partial charge in [-0.2, -0.15) is 0 Å². The summed E-state index contributed by atoms with van der Waals surface area (Å²) in [6, 6.07) is -0.160. The number of carbonyl (C=O) groups is 2. The molecule has 0 atom stereocenters. The molecule has 0 aromatic rings. The van der Waals surface area contributed by atoms with Crippen LogP contribution in [0.4, 0.5) is 4.79 Å². The van der Waals surface area contributed by atoms with E-state index in [0.29, 0.717) is 6.61 Å². The van der Waals surface area contributed by atoms with Crippen LogP contribution in [0.1, 0.15) is 40.0 Å². The Hall–Kier alpha value is -1.26. The topological polar surface area (TPSA) is 58.6 Å². The number of hydrogen-bond acceptors (Lipinski definition) is 3. The highest BCUT2D eigenvalue weighted by Gasteiger charge is 2.36. The molecule has 0 saturated carbocycles. The lowest BCUT2D eigenvalue weighted by Crippen LogP contribution is -2.42. The Balaban J connectivity index is 2.38. The molecule has 1 saturated heterocycles. The molecule has 1 heterocycles. The van der Waals surface area contributed by atoms with Gasteiger partial charge >= 0.3 is 12.0 Å². The number of nitrogens with zero attached hydrogens (tertiary/aromatic N) is 1. The molecule has 5 heteroatoms. The van der Waals surface area contributed by atoms with E-state index in [1.54, 1.807) is 11.8 Å². The molecule has 1 aliphatic heterocycles. The first-order valence-electron chi connectivity index (χ1n) is 6.75. The van der Waals surface area contributed by atoms with Gasteiger partial charge in [-0.05, 0) is 31.6 Å². The Morgan fingerprint density at radius 2 is 1.94 bits per heavy atom. The van der Waals surface area contributed by atoms with Crippen LogP contribution in [0.15, 0.2) is 0 Å². The minimum absolute atomic E-state index is 0.0472. The van der Waals surface area contributed by atoms with Crippen molar-refractivity contribution in [1.82, 2.24) is 10.2 Å². The molecule has 0 aliphatic carbocycles. The highest BCUT2D eigenvalue weighted by molar-refractivity contribution is 5.81. The van der Waals surface area contributed by atoms with Gasteiger partial charge in [0.2, 0.25) is 0 Å². The van der Waals surface area contributed by atoms with Crippen molar-refractivity contribution in [1.29, 1.82) is 0 Å². The second kappa shape index (κ2) is 6.61. The molecule has 104 valence electrons. The van der Waals surface area contributed by atoms with Crippen LogP contribution in [0.25, 0.3) is 0 Å². The molecular formula is C13H24N2O3. The number of nitrogens with one attached hydrogen (secondary N) is 1. The van der Waals surface area contributed by atoms with Gasteiger partial charge in [-0.15, -0.1) is 0 Å². The van der Waals surface area contributed by atoms with Gasteiger partial charge in [0, 0.05) is 13.1 Å². The predicted octanol–water partition coefficient (Wildman–Crippen LogP) is 1.77. The minimum atomic E-state index is -0.387. The summed E-state index contributed by atoms with van der Waals surface area (Å²) in [5, 5.41) is 2.61. The number of ether oxygens (including phenoxy) is 1. The zero-order valence-corrected chi connectivity index (χ0v) is 11.6. The Morgan fingerprint density at radius 3 is 2.44 bits per heavy atom. The van der Waals surface area contributed by atoms with Crippen LogP contribution >= 0.6 is 0 Å². The standard InChI is InChI=1S/C13H24N2O3/c1-4-13(5-2)7-8-15(10-13)12(17)14-9-11(16)18-6-3/h4-10H2,1-3H3,(H,14,17). The summed E-state index contributed by atoms with van der Waals surface area (Å²) in [6.07, 6.45) is 3.23. The molecule has 0 aromatic heterocycles. The molecular weight excluding hydrogens is 232 g/mol.